The Bertz CT molecular complexity index is 757. The van der Waals surface area contributed by atoms with Gasteiger partial charge >= 0.3 is 0 Å². The molecule has 2 N–H and O–H groups in total. The molecule has 1 atom stereocenters. The van der Waals surface area contributed by atoms with Crippen molar-refractivity contribution in [2.24, 2.45) is 11.3 Å². The van der Waals surface area contributed by atoms with Crippen LogP contribution in [-0.2, 0) is 11.3 Å². The van der Waals surface area contributed by atoms with E-state index in [2.05, 4.69) is 43.8 Å². The molecule has 1 spiro atoms. The molecule has 5 nitrogen and oxygen atoms in total. The Morgan fingerprint density at radius 1 is 1.36 bits per heavy atom. The number of nitrogens with zero attached hydrogens (tertiary/aromatic N) is 2. The molecular formula is C18H22BrClN4O. The summed E-state index contributed by atoms with van der Waals surface area (Å²) >= 11 is 3.49. The van der Waals surface area contributed by atoms with E-state index in [1.165, 1.54) is 0 Å². The van der Waals surface area contributed by atoms with Crippen molar-refractivity contribution in [2.75, 3.05) is 18.4 Å². The number of carbonyl (C=O) groups is 1. The molecule has 1 aromatic carbocycles. The molecule has 2 aliphatic rings. The van der Waals surface area contributed by atoms with Crippen LogP contribution in [0.2, 0.25) is 0 Å². The van der Waals surface area contributed by atoms with E-state index in [0.717, 1.165) is 48.2 Å². The number of hydrogen-bond acceptors (Lipinski definition) is 3. The van der Waals surface area contributed by atoms with Crippen LogP contribution in [0.3, 0.4) is 0 Å². The molecule has 4 rings (SSSR count). The average Bonchev–Trinajstić information content (AvgIpc) is 3.09. The largest absolute Gasteiger partial charge is 0.317 e. The number of rotatable bonds is 4. The fraction of sp³-hybridized carbons (Fsp3) is 0.444. The van der Waals surface area contributed by atoms with Gasteiger partial charge in [-0.3, -0.25) is 4.79 Å². The fourth-order valence-corrected chi connectivity index (χ4v) is 4.23. The van der Waals surface area contributed by atoms with Gasteiger partial charge in [0.2, 0.25) is 5.91 Å². The number of amides is 1. The van der Waals surface area contributed by atoms with Crippen LogP contribution in [0.4, 0.5) is 5.82 Å². The topological polar surface area (TPSA) is 59.0 Å². The fourth-order valence-electron chi connectivity index (χ4n) is 3.78. The lowest BCUT2D eigenvalue weighted by Gasteiger charge is -2.23. The number of benzene rings is 1. The van der Waals surface area contributed by atoms with Crippen LogP contribution in [0.1, 0.15) is 24.8 Å². The normalized spacial score (nSPS) is 20.8. The van der Waals surface area contributed by atoms with Gasteiger partial charge in [-0.2, -0.15) is 5.10 Å². The van der Waals surface area contributed by atoms with Gasteiger partial charge in [0, 0.05) is 16.5 Å². The molecule has 0 bridgehead atoms. The minimum Gasteiger partial charge on any atom is -0.317 e. The molecule has 1 saturated heterocycles. The van der Waals surface area contributed by atoms with Crippen LogP contribution >= 0.6 is 28.3 Å². The zero-order valence-corrected chi connectivity index (χ0v) is 16.3. The van der Waals surface area contributed by atoms with Gasteiger partial charge in [0.1, 0.15) is 5.82 Å². The Morgan fingerprint density at radius 2 is 2.16 bits per heavy atom. The van der Waals surface area contributed by atoms with Crippen molar-refractivity contribution in [2.45, 2.75) is 25.8 Å². The molecule has 1 saturated carbocycles. The zero-order valence-electron chi connectivity index (χ0n) is 13.9. The first-order valence-corrected chi connectivity index (χ1v) is 9.23. The van der Waals surface area contributed by atoms with Gasteiger partial charge in [-0.15, -0.1) is 12.4 Å². The molecule has 1 aromatic heterocycles. The highest BCUT2D eigenvalue weighted by Crippen LogP contribution is 2.58. The first kappa shape index (κ1) is 18.4. The number of piperidine rings is 1. The molecule has 2 aromatic rings. The summed E-state index contributed by atoms with van der Waals surface area (Å²) in [5, 5.41) is 10.8. The summed E-state index contributed by atoms with van der Waals surface area (Å²) in [6.45, 7) is 2.71. The maximum absolute atomic E-state index is 12.6. The van der Waals surface area contributed by atoms with E-state index in [-0.39, 0.29) is 29.6 Å². The Kier molecular flexibility index (Phi) is 5.51. The minimum absolute atomic E-state index is 0. The van der Waals surface area contributed by atoms with Crippen LogP contribution in [0.25, 0.3) is 0 Å². The van der Waals surface area contributed by atoms with Crippen LogP contribution in [0.15, 0.2) is 41.0 Å². The first-order chi connectivity index (χ1) is 11.7. The quantitative estimate of drug-likeness (QED) is 0.789. The zero-order chi connectivity index (χ0) is 16.6. The smallest absolute Gasteiger partial charge is 0.229 e. The highest BCUT2D eigenvalue weighted by atomic mass is 79.9. The highest BCUT2D eigenvalue weighted by Gasteiger charge is 2.57. The van der Waals surface area contributed by atoms with Crippen molar-refractivity contribution < 1.29 is 4.79 Å². The summed E-state index contributed by atoms with van der Waals surface area (Å²) < 4.78 is 2.89. The molecule has 1 unspecified atom stereocenters. The second-order valence-electron chi connectivity index (χ2n) is 6.86. The van der Waals surface area contributed by atoms with Crippen molar-refractivity contribution in [3.63, 3.8) is 0 Å². The summed E-state index contributed by atoms with van der Waals surface area (Å²) in [6.07, 6.45) is 4.99. The Labute approximate surface area is 162 Å². The summed E-state index contributed by atoms with van der Waals surface area (Å²) in [5.74, 6) is 1.08. The number of carbonyl (C=O) groups excluding carboxylic acids is 1. The second kappa shape index (κ2) is 7.48. The molecule has 1 aliphatic heterocycles. The number of halogens is 2. The molecule has 2 heterocycles. The van der Waals surface area contributed by atoms with Crippen molar-refractivity contribution in [1.82, 2.24) is 15.1 Å². The Balaban J connectivity index is 0.00000182. The van der Waals surface area contributed by atoms with Crippen LogP contribution in [-0.4, -0.2) is 28.8 Å². The van der Waals surface area contributed by atoms with Gasteiger partial charge in [-0.25, -0.2) is 4.68 Å². The monoisotopic (exact) mass is 424 g/mol. The van der Waals surface area contributed by atoms with Gasteiger partial charge in [-0.1, -0.05) is 28.1 Å². The summed E-state index contributed by atoms with van der Waals surface area (Å²) in [7, 11) is 0. The number of hydrogen-bond donors (Lipinski definition) is 2. The minimum atomic E-state index is 0. The third-order valence-electron chi connectivity index (χ3n) is 5.29. The van der Waals surface area contributed by atoms with E-state index < -0.39 is 0 Å². The maximum Gasteiger partial charge on any atom is 0.229 e. The second-order valence-corrected chi connectivity index (χ2v) is 7.78. The molecule has 1 aliphatic carbocycles. The van der Waals surface area contributed by atoms with Crippen LogP contribution < -0.4 is 10.6 Å². The summed E-state index contributed by atoms with van der Waals surface area (Å²) in [4.78, 5) is 12.6. The van der Waals surface area contributed by atoms with Crippen molar-refractivity contribution >= 4 is 40.1 Å². The van der Waals surface area contributed by atoms with E-state index >= 15 is 0 Å². The predicted octanol–water partition coefficient (Wildman–Crippen LogP) is 3.44. The first-order valence-electron chi connectivity index (χ1n) is 8.44. The molecule has 0 radical (unpaired) electrons. The molecule has 7 heteroatoms. The molecule has 134 valence electrons. The van der Waals surface area contributed by atoms with E-state index in [1.54, 1.807) is 6.20 Å². The van der Waals surface area contributed by atoms with E-state index in [1.807, 2.05) is 22.9 Å². The SMILES string of the molecule is Cl.O=C(Nc1ccnn1Cc1cccc(Br)c1)C1CC12CCNCC2. The van der Waals surface area contributed by atoms with Gasteiger partial charge in [0.25, 0.3) is 0 Å². The van der Waals surface area contributed by atoms with Crippen LogP contribution in [0, 0.1) is 11.3 Å². The van der Waals surface area contributed by atoms with Gasteiger partial charge in [0.15, 0.2) is 0 Å². The lowest BCUT2D eigenvalue weighted by atomic mass is 9.92. The molecular weight excluding hydrogens is 404 g/mol. The lowest BCUT2D eigenvalue weighted by Crippen LogP contribution is -2.31. The number of anilines is 1. The molecule has 25 heavy (non-hydrogen) atoms. The lowest BCUT2D eigenvalue weighted by molar-refractivity contribution is -0.118. The van der Waals surface area contributed by atoms with Crippen molar-refractivity contribution in [3.8, 4) is 0 Å². The maximum atomic E-state index is 12.6. The molecule has 1 amide bonds. The Hall–Kier alpha value is -1.37. The van der Waals surface area contributed by atoms with Gasteiger partial charge < -0.3 is 10.6 Å². The van der Waals surface area contributed by atoms with E-state index in [4.69, 9.17) is 0 Å². The third-order valence-corrected chi connectivity index (χ3v) is 5.79. The summed E-state index contributed by atoms with van der Waals surface area (Å²) in [5.41, 5.74) is 1.40. The number of nitrogens with one attached hydrogen (secondary N) is 2. The summed E-state index contributed by atoms with van der Waals surface area (Å²) in [6, 6.07) is 10.0. The third kappa shape index (κ3) is 3.91. The highest BCUT2D eigenvalue weighted by molar-refractivity contribution is 9.10. The standard InChI is InChI=1S/C18H21BrN4O.ClH/c19-14-3-1-2-13(10-14)12-23-16(4-7-21-23)22-17(24)15-11-18(15)5-8-20-9-6-18;/h1-4,7,10,15,20H,5-6,8-9,11-12H2,(H,22,24);1H. The predicted molar refractivity (Wildman–Crippen MR) is 104 cm³/mol. The van der Waals surface area contributed by atoms with Crippen molar-refractivity contribution in [3.05, 3.63) is 46.6 Å². The Morgan fingerprint density at radius 3 is 2.92 bits per heavy atom. The van der Waals surface area contributed by atoms with Crippen molar-refractivity contribution in [1.29, 1.82) is 0 Å². The average molecular weight is 426 g/mol. The van der Waals surface area contributed by atoms with Crippen LogP contribution in [0.5, 0.6) is 0 Å². The van der Waals surface area contributed by atoms with Gasteiger partial charge in [0.05, 0.1) is 12.7 Å². The van der Waals surface area contributed by atoms with Gasteiger partial charge in [-0.05, 0) is 55.5 Å². The van der Waals surface area contributed by atoms with E-state index in [9.17, 15) is 4.79 Å². The molecule has 2 fully saturated rings. The number of aromatic nitrogens is 2. The van der Waals surface area contributed by atoms with E-state index in [0.29, 0.717) is 6.54 Å².